The zero-order valence-corrected chi connectivity index (χ0v) is 13.4. The van der Waals surface area contributed by atoms with Gasteiger partial charge < -0.3 is 13.9 Å². The van der Waals surface area contributed by atoms with E-state index >= 15 is 0 Å². The lowest BCUT2D eigenvalue weighted by Crippen LogP contribution is -2.09. The lowest BCUT2D eigenvalue weighted by molar-refractivity contribution is 0.0695. The highest BCUT2D eigenvalue weighted by atomic mass is 35.5. The maximum atomic E-state index is 11.6. The number of carbonyl (C=O) groups is 1. The number of carboxylic acid groups (broad SMARTS) is 1. The molecule has 0 spiro atoms. The number of aromatic carboxylic acids is 1. The molecule has 0 saturated carbocycles. The van der Waals surface area contributed by atoms with Crippen molar-refractivity contribution in [3.8, 4) is 0 Å². The van der Waals surface area contributed by atoms with Gasteiger partial charge in [0.1, 0.15) is 29.0 Å². The van der Waals surface area contributed by atoms with Crippen molar-refractivity contribution in [2.45, 2.75) is 19.8 Å². The summed E-state index contributed by atoms with van der Waals surface area (Å²) in [6.45, 7) is 3.67. The Balaban J connectivity index is 2.24. The minimum absolute atomic E-state index is 0.169. The van der Waals surface area contributed by atoms with Gasteiger partial charge in [0.15, 0.2) is 0 Å². The van der Waals surface area contributed by atoms with Crippen molar-refractivity contribution in [1.29, 1.82) is 0 Å². The van der Waals surface area contributed by atoms with Crippen LogP contribution in [0, 0.1) is 13.8 Å². The molecule has 0 unspecified atom stereocenters. The molecule has 4 nitrogen and oxygen atoms in total. The highest BCUT2D eigenvalue weighted by molar-refractivity contribution is 6.30. The molecule has 5 heteroatoms. The first-order valence-electron chi connectivity index (χ1n) is 7.11. The van der Waals surface area contributed by atoms with Gasteiger partial charge in [-0.15, -0.1) is 0 Å². The normalized spacial score (nSPS) is 11.1. The highest BCUT2D eigenvalue weighted by Crippen LogP contribution is 2.37. The van der Waals surface area contributed by atoms with Gasteiger partial charge in [0.2, 0.25) is 0 Å². The van der Waals surface area contributed by atoms with Crippen molar-refractivity contribution in [2.75, 3.05) is 0 Å². The molecule has 1 aromatic carbocycles. The van der Waals surface area contributed by atoms with E-state index in [0.29, 0.717) is 22.1 Å². The molecule has 1 N–H and O–H groups in total. The van der Waals surface area contributed by atoms with E-state index in [1.165, 1.54) is 6.07 Å². The van der Waals surface area contributed by atoms with E-state index in [0.717, 1.165) is 11.5 Å². The lowest BCUT2D eigenvalue weighted by Gasteiger charge is -2.16. The molecule has 3 rings (SSSR count). The first-order valence-corrected chi connectivity index (χ1v) is 7.49. The number of rotatable bonds is 4. The van der Waals surface area contributed by atoms with Crippen LogP contribution < -0.4 is 0 Å². The predicted molar refractivity (Wildman–Crippen MR) is 86.2 cm³/mol. The fourth-order valence-electron chi connectivity index (χ4n) is 2.63. The Hall–Kier alpha value is -2.46. The summed E-state index contributed by atoms with van der Waals surface area (Å²) in [6.07, 6.45) is 0. The summed E-state index contributed by atoms with van der Waals surface area (Å²) in [5.41, 5.74) is 0.705. The number of hydrogen-bond donors (Lipinski definition) is 1. The molecule has 0 aliphatic heterocycles. The number of hydrogen-bond acceptors (Lipinski definition) is 3. The van der Waals surface area contributed by atoms with Gasteiger partial charge in [-0.1, -0.05) is 11.6 Å². The molecule has 0 atom stereocenters. The third-order valence-corrected chi connectivity index (χ3v) is 3.88. The fourth-order valence-corrected chi connectivity index (χ4v) is 2.81. The second-order valence-corrected chi connectivity index (χ2v) is 5.80. The Morgan fingerprint density at radius 2 is 1.57 bits per heavy atom. The first-order chi connectivity index (χ1) is 11.0. The second kappa shape index (κ2) is 5.97. The maximum absolute atomic E-state index is 11.6. The van der Waals surface area contributed by atoms with Crippen LogP contribution in [0.15, 0.2) is 51.3 Å². The van der Waals surface area contributed by atoms with E-state index in [-0.39, 0.29) is 5.56 Å². The van der Waals surface area contributed by atoms with Crippen molar-refractivity contribution >= 4 is 17.6 Å². The van der Waals surface area contributed by atoms with Gasteiger partial charge >= 0.3 is 5.97 Å². The molecule has 118 valence electrons. The topological polar surface area (TPSA) is 63.6 Å². The summed E-state index contributed by atoms with van der Waals surface area (Å²) in [4.78, 5) is 11.6. The summed E-state index contributed by atoms with van der Waals surface area (Å²) < 4.78 is 11.5. The van der Waals surface area contributed by atoms with Gasteiger partial charge in [0.05, 0.1) is 5.56 Å². The Bertz CT molecular complexity index is 819. The summed E-state index contributed by atoms with van der Waals surface area (Å²) in [6, 6.07) is 12.0. The largest absolute Gasteiger partial charge is 0.478 e. The maximum Gasteiger partial charge on any atom is 0.336 e. The van der Waals surface area contributed by atoms with Gasteiger partial charge in [-0.3, -0.25) is 0 Å². The van der Waals surface area contributed by atoms with Crippen LogP contribution in [0.4, 0.5) is 0 Å². The van der Waals surface area contributed by atoms with Crippen LogP contribution in [0.2, 0.25) is 5.02 Å². The molecular weight excluding hydrogens is 316 g/mol. The van der Waals surface area contributed by atoms with Crippen molar-refractivity contribution in [3.63, 3.8) is 0 Å². The third-order valence-electron chi connectivity index (χ3n) is 3.65. The molecule has 0 aliphatic carbocycles. The number of aryl methyl sites for hydroxylation is 2. The molecule has 0 amide bonds. The standard InChI is InChI=1S/C18H15ClO4/c1-10-3-7-15(22-10)17(16-8-4-11(2)23-16)14-9-12(19)5-6-13(14)18(20)21/h3-9,17H,1-2H3,(H,20,21). The zero-order valence-electron chi connectivity index (χ0n) is 12.7. The van der Waals surface area contributed by atoms with Gasteiger partial charge in [-0.25, -0.2) is 4.79 Å². The van der Waals surface area contributed by atoms with Crippen LogP contribution in [0.1, 0.15) is 44.9 Å². The molecule has 0 bridgehead atoms. The van der Waals surface area contributed by atoms with Crippen molar-refractivity contribution in [3.05, 3.63) is 81.7 Å². The molecule has 0 radical (unpaired) electrons. The molecule has 2 aromatic heterocycles. The van der Waals surface area contributed by atoms with E-state index in [1.807, 2.05) is 38.1 Å². The molecule has 0 saturated heterocycles. The summed E-state index contributed by atoms with van der Waals surface area (Å²) >= 11 is 6.10. The van der Waals surface area contributed by atoms with E-state index in [4.69, 9.17) is 20.4 Å². The van der Waals surface area contributed by atoms with Gasteiger partial charge in [0.25, 0.3) is 0 Å². The third kappa shape index (κ3) is 3.03. The van der Waals surface area contributed by atoms with Gasteiger partial charge in [0, 0.05) is 5.02 Å². The van der Waals surface area contributed by atoms with Crippen LogP contribution >= 0.6 is 11.6 Å². The second-order valence-electron chi connectivity index (χ2n) is 5.37. The van der Waals surface area contributed by atoms with Crippen LogP contribution in [0.25, 0.3) is 0 Å². The quantitative estimate of drug-likeness (QED) is 0.729. The first kappa shape index (κ1) is 15.4. The Kier molecular flexibility index (Phi) is 4.01. The van der Waals surface area contributed by atoms with Crippen molar-refractivity contribution in [1.82, 2.24) is 0 Å². The summed E-state index contributed by atoms with van der Waals surface area (Å²) in [5, 5.41) is 9.97. The van der Waals surface area contributed by atoms with Crippen molar-refractivity contribution < 1.29 is 18.7 Å². The minimum atomic E-state index is -1.02. The molecular formula is C18H15ClO4. The number of furan rings is 2. The van der Waals surface area contributed by atoms with Crippen molar-refractivity contribution in [2.24, 2.45) is 0 Å². The molecule has 0 aliphatic rings. The average molecular weight is 331 g/mol. The van der Waals surface area contributed by atoms with Gasteiger partial charge in [-0.2, -0.15) is 0 Å². The van der Waals surface area contributed by atoms with Crippen LogP contribution in [-0.2, 0) is 0 Å². The van der Waals surface area contributed by atoms with E-state index in [2.05, 4.69) is 0 Å². The van der Waals surface area contributed by atoms with Crippen LogP contribution in [0.5, 0.6) is 0 Å². The number of carboxylic acids is 1. The van der Waals surface area contributed by atoms with Crippen LogP contribution in [0.3, 0.4) is 0 Å². The zero-order chi connectivity index (χ0) is 16.6. The lowest BCUT2D eigenvalue weighted by atomic mass is 9.90. The highest BCUT2D eigenvalue weighted by Gasteiger charge is 2.28. The Labute approximate surface area is 138 Å². The van der Waals surface area contributed by atoms with E-state index in [1.54, 1.807) is 12.1 Å². The summed E-state index contributed by atoms with van der Waals surface area (Å²) in [5.74, 6) is 1.22. The number of benzene rings is 1. The average Bonchev–Trinajstić information content (AvgIpc) is 3.09. The Morgan fingerprint density at radius 1 is 1.00 bits per heavy atom. The molecule has 0 fully saturated rings. The van der Waals surface area contributed by atoms with E-state index in [9.17, 15) is 9.90 Å². The minimum Gasteiger partial charge on any atom is -0.478 e. The monoisotopic (exact) mass is 330 g/mol. The van der Waals surface area contributed by atoms with Crippen LogP contribution in [-0.4, -0.2) is 11.1 Å². The molecule has 3 aromatic rings. The van der Waals surface area contributed by atoms with Gasteiger partial charge in [-0.05, 0) is 61.9 Å². The Morgan fingerprint density at radius 3 is 2.00 bits per heavy atom. The predicted octanol–water partition coefficient (Wildman–Crippen LogP) is 5.02. The van der Waals surface area contributed by atoms with E-state index < -0.39 is 11.9 Å². The molecule has 2 heterocycles. The SMILES string of the molecule is Cc1ccc(C(c2ccc(C)o2)c2cc(Cl)ccc2C(=O)O)o1. The summed E-state index contributed by atoms with van der Waals surface area (Å²) in [7, 11) is 0. The smallest absolute Gasteiger partial charge is 0.336 e. The number of halogens is 1. The fraction of sp³-hybridized carbons (Fsp3) is 0.167. The molecule has 23 heavy (non-hydrogen) atoms.